The zero-order valence-corrected chi connectivity index (χ0v) is 18.5. The van der Waals surface area contributed by atoms with Gasteiger partial charge in [-0.3, -0.25) is 29.0 Å². The first-order valence-corrected chi connectivity index (χ1v) is 10.6. The molecule has 0 atom stereocenters. The van der Waals surface area contributed by atoms with Crippen molar-refractivity contribution in [1.29, 1.82) is 0 Å². The average molecular weight is 530 g/mol. The van der Waals surface area contributed by atoms with Gasteiger partial charge in [0.15, 0.2) is 0 Å². The highest BCUT2D eigenvalue weighted by Crippen LogP contribution is 2.57. The van der Waals surface area contributed by atoms with E-state index in [1.54, 1.807) is 0 Å². The minimum absolute atomic E-state index is 0.326. The maximum absolute atomic E-state index is 14.6. The van der Waals surface area contributed by atoms with Gasteiger partial charge in [0.2, 0.25) is 5.41 Å². The fraction of sp³-hybridized carbons (Fsp3) is 0.304. The van der Waals surface area contributed by atoms with Gasteiger partial charge in [0.25, 0.3) is 23.6 Å². The van der Waals surface area contributed by atoms with E-state index in [9.17, 15) is 45.5 Å². The lowest BCUT2D eigenvalue weighted by Crippen LogP contribution is -2.55. The number of halogens is 6. The molecule has 2 aliphatic heterocycles. The smallest absolute Gasteiger partial charge is 0.395 e. The molecular formula is C23H16F6N2O6. The lowest BCUT2D eigenvalue weighted by atomic mass is 9.71. The predicted octanol–water partition coefficient (Wildman–Crippen LogP) is 2.27. The third kappa shape index (κ3) is 3.62. The molecule has 0 radical (unpaired) electrons. The number of amides is 4. The van der Waals surface area contributed by atoms with Gasteiger partial charge in [-0.1, -0.05) is 12.1 Å². The number of nitrogens with zero attached hydrogens (tertiary/aromatic N) is 2. The van der Waals surface area contributed by atoms with E-state index in [-0.39, 0.29) is 0 Å². The van der Waals surface area contributed by atoms with Crippen LogP contribution >= 0.6 is 0 Å². The summed E-state index contributed by atoms with van der Waals surface area (Å²) in [7, 11) is 0. The number of benzene rings is 2. The molecule has 0 unspecified atom stereocenters. The number of aliphatic hydroxyl groups excluding tert-OH is 2. The first kappa shape index (κ1) is 26.3. The van der Waals surface area contributed by atoms with E-state index in [0.29, 0.717) is 46.2 Å². The molecule has 37 heavy (non-hydrogen) atoms. The van der Waals surface area contributed by atoms with Crippen LogP contribution in [0.3, 0.4) is 0 Å². The molecule has 2 N–H and O–H groups in total. The van der Waals surface area contributed by atoms with E-state index >= 15 is 0 Å². The van der Waals surface area contributed by atoms with E-state index in [1.165, 1.54) is 0 Å². The summed E-state index contributed by atoms with van der Waals surface area (Å²) in [6.45, 7) is -2.39. The summed E-state index contributed by atoms with van der Waals surface area (Å²) in [6, 6.07) is 2.83. The van der Waals surface area contributed by atoms with Gasteiger partial charge >= 0.3 is 12.4 Å². The summed E-state index contributed by atoms with van der Waals surface area (Å²) in [5.74, 6) is -4.33. The Morgan fingerprint density at radius 1 is 0.568 bits per heavy atom. The summed E-state index contributed by atoms with van der Waals surface area (Å²) < 4.78 is 87.5. The van der Waals surface area contributed by atoms with Crippen LogP contribution in [0.5, 0.6) is 0 Å². The number of carbonyl (C=O) groups excluding carboxylic acids is 4. The molecule has 4 amide bonds. The summed E-state index contributed by atoms with van der Waals surface area (Å²) in [4.78, 5) is 50.8. The lowest BCUT2D eigenvalue weighted by molar-refractivity contribution is -0.288. The zero-order valence-electron chi connectivity index (χ0n) is 18.5. The van der Waals surface area contributed by atoms with E-state index < -0.39 is 101 Å². The number of hydrogen-bond acceptors (Lipinski definition) is 6. The molecular weight excluding hydrogens is 514 g/mol. The van der Waals surface area contributed by atoms with Crippen molar-refractivity contribution in [3.8, 4) is 0 Å². The lowest BCUT2D eigenvalue weighted by Gasteiger charge is -2.38. The van der Waals surface area contributed by atoms with Crippen LogP contribution in [-0.2, 0) is 5.41 Å². The first-order valence-electron chi connectivity index (χ1n) is 10.6. The van der Waals surface area contributed by atoms with Crippen molar-refractivity contribution in [2.24, 2.45) is 0 Å². The van der Waals surface area contributed by atoms with Crippen molar-refractivity contribution < 1.29 is 55.7 Å². The van der Waals surface area contributed by atoms with Crippen molar-refractivity contribution in [2.75, 3.05) is 26.3 Å². The highest BCUT2D eigenvalue weighted by Gasteiger charge is 2.73. The van der Waals surface area contributed by atoms with Crippen LogP contribution in [0.1, 0.15) is 52.6 Å². The monoisotopic (exact) mass is 530 g/mol. The van der Waals surface area contributed by atoms with Crippen molar-refractivity contribution in [3.63, 3.8) is 0 Å². The second kappa shape index (κ2) is 8.66. The van der Waals surface area contributed by atoms with Crippen LogP contribution in [-0.4, -0.2) is 82.3 Å². The standard InChI is InChI=1S/C23H16F6N2O6/c24-22(25,26)21(23(27,28)29,11-1-3-13-15(9-11)19(36)30(5-7-32)17(13)34)12-2-4-14-16(10-12)20(37)31(6-8-33)18(14)35/h1-4,9-10,32-33H,5-8H2. The van der Waals surface area contributed by atoms with E-state index in [1.807, 2.05) is 0 Å². The summed E-state index contributed by atoms with van der Waals surface area (Å²) in [5.41, 5.74) is -9.94. The van der Waals surface area contributed by atoms with Gasteiger partial charge in [0, 0.05) is 0 Å². The number of fused-ring (bicyclic) bond motifs is 2. The van der Waals surface area contributed by atoms with Crippen molar-refractivity contribution >= 4 is 23.6 Å². The number of hydrogen-bond donors (Lipinski definition) is 2. The highest BCUT2D eigenvalue weighted by molar-refractivity contribution is 6.22. The maximum atomic E-state index is 14.6. The minimum Gasteiger partial charge on any atom is -0.395 e. The van der Waals surface area contributed by atoms with E-state index in [0.717, 1.165) is 0 Å². The molecule has 4 rings (SSSR count). The number of aliphatic hydroxyl groups is 2. The molecule has 0 spiro atoms. The molecule has 2 heterocycles. The van der Waals surface area contributed by atoms with Crippen LogP contribution in [0, 0.1) is 0 Å². The van der Waals surface area contributed by atoms with Gasteiger partial charge in [-0.25, -0.2) is 0 Å². The average Bonchev–Trinajstić information content (AvgIpc) is 3.18. The van der Waals surface area contributed by atoms with Gasteiger partial charge in [-0.05, 0) is 35.4 Å². The van der Waals surface area contributed by atoms with Crippen LogP contribution in [0.4, 0.5) is 26.3 Å². The Balaban J connectivity index is 1.98. The van der Waals surface area contributed by atoms with Crippen molar-refractivity contribution in [1.82, 2.24) is 9.80 Å². The normalized spacial score (nSPS) is 16.1. The van der Waals surface area contributed by atoms with Gasteiger partial charge in [0.05, 0.1) is 48.6 Å². The number of β-amino-alcohol motifs (C(OH)–C–C–N with tert-alkyl or cyclic N) is 2. The summed E-state index contributed by atoms with van der Waals surface area (Å²) in [5, 5.41) is 18.1. The molecule has 0 saturated heterocycles. The van der Waals surface area contributed by atoms with E-state index in [2.05, 4.69) is 0 Å². The molecule has 0 saturated carbocycles. The predicted molar refractivity (Wildman–Crippen MR) is 111 cm³/mol. The van der Waals surface area contributed by atoms with Crippen molar-refractivity contribution in [3.05, 3.63) is 69.8 Å². The van der Waals surface area contributed by atoms with Crippen LogP contribution in [0.15, 0.2) is 36.4 Å². The first-order chi connectivity index (χ1) is 17.2. The highest BCUT2D eigenvalue weighted by atomic mass is 19.4. The Labute approximate surface area is 203 Å². The number of rotatable bonds is 6. The molecule has 14 heteroatoms. The Kier molecular flexibility index (Phi) is 6.15. The van der Waals surface area contributed by atoms with Crippen LogP contribution in [0.2, 0.25) is 0 Å². The largest absolute Gasteiger partial charge is 0.411 e. The van der Waals surface area contributed by atoms with Gasteiger partial charge in [0.1, 0.15) is 0 Å². The van der Waals surface area contributed by atoms with Gasteiger partial charge in [-0.15, -0.1) is 0 Å². The second-order valence-electron chi connectivity index (χ2n) is 8.24. The van der Waals surface area contributed by atoms with Crippen molar-refractivity contribution in [2.45, 2.75) is 17.8 Å². The summed E-state index contributed by atoms with van der Waals surface area (Å²) in [6.07, 6.45) is -12.1. The number of alkyl halides is 6. The minimum atomic E-state index is -6.07. The number of imide groups is 2. The maximum Gasteiger partial charge on any atom is 0.411 e. The second-order valence-corrected chi connectivity index (χ2v) is 8.24. The molecule has 2 aromatic carbocycles. The fourth-order valence-electron chi connectivity index (χ4n) is 4.64. The fourth-order valence-corrected chi connectivity index (χ4v) is 4.64. The molecule has 0 fully saturated rings. The van der Waals surface area contributed by atoms with Crippen LogP contribution in [0.25, 0.3) is 0 Å². The molecule has 8 nitrogen and oxygen atoms in total. The number of carbonyl (C=O) groups is 4. The molecule has 0 aliphatic carbocycles. The Morgan fingerprint density at radius 2 is 0.892 bits per heavy atom. The quantitative estimate of drug-likeness (QED) is 0.438. The van der Waals surface area contributed by atoms with Crippen LogP contribution < -0.4 is 0 Å². The Morgan fingerprint density at radius 3 is 1.19 bits per heavy atom. The van der Waals surface area contributed by atoms with Gasteiger partial charge in [-0.2, -0.15) is 26.3 Å². The zero-order chi connectivity index (χ0) is 27.5. The topological polar surface area (TPSA) is 115 Å². The third-order valence-corrected chi connectivity index (χ3v) is 6.31. The SMILES string of the molecule is O=C1c2ccc(C(c3ccc4c(c3)C(=O)N(CCO)C4=O)(C(F)(F)F)C(F)(F)F)cc2C(=O)N1CCO. The molecule has 2 aromatic rings. The molecule has 2 aliphatic rings. The van der Waals surface area contributed by atoms with E-state index in [4.69, 9.17) is 10.2 Å². The third-order valence-electron chi connectivity index (χ3n) is 6.31. The molecule has 0 bridgehead atoms. The summed E-state index contributed by atoms with van der Waals surface area (Å²) >= 11 is 0. The molecule has 0 aromatic heterocycles. The molecule has 196 valence electrons. The Hall–Kier alpha value is -3.78. The Bertz CT molecular complexity index is 1230. The van der Waals surface area contributed by atoms with Gasteiger partial charge < -0.3 is 10.2 Å².